The van der Waals surface area contributed by atoms with Gasteiger partial charge in [-0.2, -0.15) is 0 Å². The molecule has 0 aromatic rings. The number of rotatable bonds is 9. The maximum absolute atomic E-state index is 12.0. The van der Waals surface area contributed by atoms with Gasteiger partial charge in [0.1, 0.15) is 0 Å². The first kappa shape index (κ1) is 22.6. The summed E-state index contributed by atoms with van der Waals surface area (Å²) in [5.74, 6) is -5.34. The molecule has 0 rings (SSSR count). The summed E-state index contributed by atoms with van der Waals surface area (Å²) in [6, 6.07) is 0. The van der Waals surface area contributed by atoms with Crippen LogP contribution in [0.4, 0.5) is 0 Å². The van der Waals surface area contributed by atoms with Gasteiger partial charge < -0.3 is 24.4 Å². The van der Waals surface area contributed by atoms with E-state index in [0.717, 1.165) is 6.92 Å². The quantitative estimate of drug-likeness (QED) is 0.353. The number of aliphatic hydroxyl groups is 2. The smallest absolute Gasteiger partial charge is 0.336 e. The molecule has 0 saturated carbocycles. The first-order valence-corrected chi connectivity index (χ1v) is 7.24. The van der Waals surface area contributed by atoms with Crippen LogP contribution in [0.25, 0.3) is 0 Å². The first-order valence-electron chi connectivity index (χ1n) is 7.24. The summed E-state index contributed by atoms with van der Waals surface area (Å²) >= 11 is 0. The van der Waals surface area contributed by atoms with E-state index in [0.29, 0.717) is 0 Å². The molecule has 0 aliphatic heterocycles. The highest BCUT2D eigenvalue weighted by Crippen LogP contribution is 2.33. The molecule has 0 amide bonds. The Balaban J connectivity index is 6.15. The fourth-order valence-corrected chi connectivity index (χ4v) is 1.49. The molecule has 0 bridgehead atoms. The summed E-state index contributed by atoms with van der Waals surface area (Å²) in [5.41, 5.74) is -2.44. The summed E-state index contributed by atoms with van der Waals surface area (Å²) in [4.78, 5) is 35.8. The van der Waals surface area contributed by atoms with E-state index in [1.165, 1.54) is 20.8 Å². The molecule has 0 radical (unpaired) electrons. The van der Waals surface area contributed by atoms with Gasteiger partial charge in [-0.3, -0.25) is 0 Å². The lowest BCUT2D eigenvalue weighted by atomic mass is 9.94. The molecule has 2 N–H and O–H groups in total. The van der Waals surface area contributed by atoms with Crippen molar-refractivity contribution in [2.24, 2.45) is 0 Å². The minimum absolute atomic E-state index is 0.0476. The van der Waals surface area contributed by atoms with Crippen LogP contribution in [-0.4, -0.2) is 52.7 Å². The number of aliphatic hydroxyl groups excluding tert-OH is 2. The Hall–Kier alpha value is -2.45. The predicted octanol–water partition coefficient (Wildman–Crippen LogP) is 0.784. The molecule has 140 valence electrons. The Morgan fingerprint density at radius 1 is 0.760 bits per heavy atom. The van der Waals surface area contributed by atoms with Crippen LogP contribution >= 0.6 is 0 Å². The second-order valence-corrected chi connectivity index (χ2v) is 5.77. The Labute approximate surface area is 146 Å². The van der Waals surface area contributed by atoms with Gasteiger partial charge in [0.2, 0.25) is 5.60 Å². The van der Waals surface area contributed by atoms with Crippen molar-refractivity contribution >= 4 is 17.9 Å². The first-order chi connectivity index (χ1) is 11.4. The number of hydrogen-bond donors (Lipinski definition) is 2. The van der Waals surface area contributed by atoms with Crippen LogP contribution in [0.1, 0.15) is 27.7 Å². The molecular formula is C17H24O8. The predicted molar refractivity (Wildman–Crippen MR) is 88.0 cm³/mol. The highest BCUT2D eigenvalue weighted by atomic mass is 16.8. The molecule has 0 aromatic carbocycles. The van der Waals surface area contributed by atoms with Crippen molar-refractivity contribution < 1.29 is 38.8 Å². The third kappa shape index (κ3) is 5.27. The lowest BCUT2D eigenvalue weighted by molar-refractivity contribution is -0.301. The molecule has 0 spiro atoms. The van der Waals surface area contributed by atoms with Gasteiger partial charge in [0.15, 0.2) is 0 Å². The molecule has 0 atom stereocenters. The van der Waals surface area contributed by atoms with Crippen molar-refractivity contribution in [1.29, 1.82) is 0 Å². The van der Waals surface area contributed by atoms with Crippen LogP contribution in [0.5, 0.6) is 0 Å². The van der Waals surface area contributed by atoms with Gasteiger partial charge in [-0.1, -0.05) is 19.7 Å². The fourth-order valence-electron chi connectivity index (χ4n) is 1.49. The van der Waals surface area contributed by atoms with Crippen LogP contribution < -0.4 is 0 Å². The standard InChI is InChI=1S/C17H24O8/c1-10(2)13(20)23-16(7,24-14(21)11(3)4)17(8-18,9-19)25-15(22)12(5)6/h18-19H,1,3,5,8-9H2,2,4,6-7H3. The zero-order valence-corrected chi connectivity index (χ0v) is 14.9. The Bertz CT molecular complexity index is 570. The molecular weight excluding hydrogens is 332 g/mol. The second-order valence-electron chi connectivity index (χ2n) is 5.77. The van der Waals surface area contributed by atoms with Crippen molar-refractivity contribution in [1.82, 2.24) is 0 Å². The van der Waals surface area contributed by atoms with E-state index < -0.39 is 42.5 Å². The van der Waals surface area contributed by atoms with Crippen LogP contribution in [0, 0.1) is 0 Å². The number of ether oxygens (including phenoxy) is 3. The third-order valence-corrected chi connectivity index (χ3v) is 3.25. The molecule has 8 nitrogen and oxygen atoms in total. The lowest BCUT2D eigenvalue weighted by Gasteiger charge is -2.43. The summed E-state index contributed by atoms with van der Waals surface area (Å²) in [7, 11) is 0. The molecule has 0 aliphatic rings. The van der Waals surface area contributed by atoms with E-state index in [4.69, 9.17) is 14.2 Å². The minimum Gasteiger partial charge on any atom is -0.442 e. The van der Waals surface area contributed by atoms with Crippen LogP contribution in [0.2, 0.25) is 0 Å². The molecule has 0 heterocycles. The zero-order chi connectivity index (χ0) is 20.0. The summed E-state index contributed by atoms with van der Waals surface area (Å²) in [6.45, 7) is 13.2. The monoisotopic (exact) mass is 356 g/mol. The molecule has 8 heteroatoms. The van der Waals surface area contributed by atoms with E-state index in [-0.39, 0.29) is 16.7 Å². The average molecular weight is 356 g/mol. The van der Waals surface area contributed by atoms with Crippen LogP contribution in [0.15, 0.2) is 36.5 Å². The maximum Gasteiger partial charge on any atom is 0.336 e. The number of esters is 3. The molecule has 0 fully saturated rings. The highest BCUT2D eigenvalue weighted by Gasteiger charge is 2.58. The lowest BCUT2D eigenvalue weighted by Crippen LogP contribution is -2.64. The topological polar surface area (TPSA) is 119 Å². The number of hydrogen-bond acceptors (Lipinski definition) is 8. The van der Waals surface area contributed by atoms with Gasteiger partial charge >= 0.3 is 17.9 Å². The molecule has 0 saturated heterocycles. The zero-order valence-electron chi connectivity index (χ0n) is 14.9. The maximum atomic E-state index is 12.0. The van der Waals surface area contributed by atoms with E-state index >= 15 is 0 Å². The highest BCUT2D eigenvalue weighted by molar-refractivity contribution is 5.90. The van der Waals surface area contributed by atoms with E-state index in [1.54, 1.807) is 0 Å². The summed E-state index contributed by atoms with van der Waals surface area (Å²) < 4.78 is 15.3. The minimum atomic E-state index is -2.37. The van der Waals surface area contributed by atoms with Crippen molar-refractivity contribution in [2.75, 3.05) is 13.2 Å². The normalized spacial score (nSPS) is 11.3. The largest absolute Gasteiger partial charge is 0.442 e. The van der Waals surface area contributed by atoms with Gasteiger partial charge in [0, 0.05) is 23.6 Å². The average Bonchev–Trinajstić information content (AvgIpc) is 2.51. The van der Waals surface area contributed by atoms with E-state index in [9.17, 15) is 24.6 Å². The SMILES string of the molecule is C=C(C)C(=O)OC(CO)(CO)C(C)(OC(=O)C(=C)C)OC(=O)C(=C)C. The van der Waals surface area contributed by atoms with Crippen LogP contribution in [-0.2, 0) is 28.6 Å². The van der Waals surface area contributed by atoms with Gasteiger partial charge in [-0.15, -0.1) is 0 Å². The van der Waals surface area contributed by atoms with Crippen molar-refractivity contribution in [3.63, 3.8) is 0 Å². The number of carbonyl (C=O) groups excluding carboxylic acids is 3. The van der Waals surface area contributed by atoms with Crippen molar-refractivity contribution in [3.8, 4) is 0 Å². The van der Waals surface area contributed by atoms with E-state index in [2.05, 4.69) is 19.7 Å². The van der Waals surface area contributed by atoms with Gasteiger partial charge in [0.25, 0.3) is 5.79 Å². The molecule has 0 aromatic heterocycles. The Morgan fingerprint density at radius 3 is 1.28 bits per heavy atom. The molecule has 0 unspecified atom stereocenters. The van der Waals surface area contributed by atoms with Gasteiger partial charge in [-0.05, 0) is 20.8 Å². The molecule has 0 aliphatic carbocycles. The molecule has 25 heavy (non-hydrogen) atoms. The third-order valence-electron chi connectivity index (χ3n) is 3.25. The second kappa shape index (κ2) is 8.59. The van der Waals surface area contributed by atoms with Gasteiger partial charge in [-0.25, -0.2) is 14.4 Å². The summed E-state index contributed by atoms with van der Waals surface area (Å²) in [5, 5.41) is 19.5. The fraction of sp³-hybridized carbons (Fsp3) is 0.471. The van der Waals surface area contributed by atoms with Gasteiger partial charge in [0.05, 0.1) is 13.2 Å². The van der Waals surface area contributed by atoms with Crippen LogP contribution in [0.3, 0.4) is 0 Å². The Kier molecular flexibility index (Phi) is 7.75. The van der Waals surface area contributed by atoms with Crippen molar-refractivity contribution in [3.05, 3.63) is 36.5 Å². The number of carbonyl (C=O) groups is 3. The Morgan fingerprint density at radius 2 is 1.04 bits per heavy atom. The summed E-state index contributed by atoms with van der Waals surface area (Å²) in [6.07, 6.45) is 0. The van der Waals surface area contributed by atoms with Crippen molar-refractivity contribution in [2.45, 2.75) is 39.1 Å². The van der Waals surface area contributed by atoms with E-state index in [1.807, 2.05) is 0 Å².